The van der Waals surface area contributed by atoms with Crippen LogP contribution in [0.1, 0.15) is 45.4 Å². The van der Waals surface area contributed by atoms with Gasteiger partial charge in [0, 0.05) is 19.0 Å². The van der Waals surface area contributed by atoms with Gasteiger partial charge < -0.3 is 24.1 Å². The summed E-state index contributed by atoms with van der Waals surface area (Å²) in [5, 5.41) is 10.1. The average molecular weight is 289 g/mol. The fourth-order valence-corrected chi connectivity index (χ4v) is 1.39. The van der Waals surface area contributed by atoms with Gasteiger partial charge in [-0.05, 0) is 25.7 Å². The predicted molar refractivity (Wildman–Crippen MR) is 71.0 cm³/mol. The van der Waals surface area contributed by atoms with E-state index in [1.807, 2.05) is 0 Å². The molecule has 0 aliphatic carbocycles. The van der Waals surface area contributed by atoms with E-state index in [1.54, 1.807) is 0 Å². The molecule has 0 radical (unpaired) electrons. The van der Waals surface area contributed by atoms with Crippen LogP contribution in [0.5, 0.6) is 0 Å². The summed E-state index contributed by atoms with van der Waals surface area (Å²) in [6, 6.07) is 0. The highest BCUT2D eigenvalue weighted by Gasteiger charge is 2.02. The Labute approximate surface area is 120 Å². The smallest absolute Gasteiger partial charge is 0.305 e. The molecule has 0 bridgehead atoms. The van der Waals surface area contributed by atoms with E-state index in [9.17, 15) is 14.7 Å². The van der Waals surface area contributed by atoms with E-state index in [1.165, 1.54) is 0 Å². The molecule has 0 saturated heterocycles. The molecule has 6 nitrogen and oxygen atoms in total. The molecule has 0 aromatic carbocycles. The number of esters is 1. The minimum atomic E-state index is -1.09. The van der Waals surface area contributed by atoms with Gasteiger partial charge in [0.1, 0.15) is 6.61 Å². The standard InChI is InChI=1S/C14H26O6/c1-2-3-8-18-9-10-19-11-12-20-14(17)7-5-4-6-13(15)16/h2-12H2,1H3,(H,15,16)/p-1. The molecule has 0 amide bonds. The van der Waals surface area contributed by atoms with Crippen molar-refractivity contribution < 1.29 is 28.9 Å². The molecular formula is C14H25O6-. The molecule has 118 valence electrons. The lowest BCUT2D eigenvalue weighted by Gasteiger charge is -2.07. The van der Waals surface area contributed by atoms with Gasteiger partial charge in [0.15, 0.2) is 0 Å². The fraction of sp³-hybridized carbons (Fsp3) is 0.857. The van der Waals surface area contributed by atoms with Crippen LogP contribution in [0.25, 0.3) is 0 Å². The molecule has 0 fully saturated rings. The zero-order valence-corrected chi connectivity index (χ0v) is 12.2. The molecule has 6 heteroatoms. The van der Waals surface area contributed by atoms with Gasteiger partial charge in [0.05, 0.1) is 19.8 Å². The Bertz CT molecular complexity index is 254. The van der Waals surface area contributed by atoms with E-state index in [0.717, 1.165) is 19.4 Å². The molecule has 0 rings (SSSR count). The van der Waals surface area contributed by atoms with Crippen LogP contribution in [-0.4, -0.2) is 45.0 Å². The normalized spacial score (nSPS) is 10.4. The second-order valence-electron chi connectivity index (χ2n) is 4.38. The second-order valence-corrected chi connectivity index (χ2v) is 4.38. The maximum atomic E-state index is 11.2. The first-order valence-corrected chi connectivity index (χ1v) is 7.17. The van der Waals surface area contributed by atoms with Crippen LogP contribution in [0.2, 0.25) is 0 Å². The Hall–Kier alpha value is -1.14. The fourth-order valence-electron chi connectivity index (χ4n) is 1.39. The third kappa shape index (κ3) is 14.9. The summed E-state index contributed by atoms with van der Waals surface area (Å²) in [4.78, 5) is 21.4. The average Bonchev–Trinajstić information content (AvgIpc) is 2.41. The van der Waals surface area contributed by atoms with E-state index in [0.29, 0.717) is 32.7 Å². The maximum absolute atomic E-state index is 11.2. The zero-order valence-electron chi connectivity index (χ0n) is 12.2. The topological polar surface area (TPSA) is 84.9 Å². The largest absolute Gasteiger partial charge is 0.550 e. The van der Waals surface area contributed by atoms with Gasteiger partial charge in [-0.1, -0.05) is 13.3 Å². The number of hydrogen-bond donors (Lipinski definition) is 0. The van der Waals surface area contributed by atoms with Crippen molar-refractivity contribution in [1.82, 2.24) is 0 Å². The summed E-state index contributed by atoms with van der Waals surface area (Å²) < 4.78 is 15.5. The first-order chi connectivity index (χ1) is 9.66. The van der Waals surface area contributed by atoms with Crippen LogP contribution >= 0.6 is 0 Å². The predicted octanol–water partition coefficient (Wildman–Crippen LogP) is 0.673. The Morgan fingerprint density at radius 1 is 0.850 bits per heavy atom. The van der Waals surface area contributed by atoms with Gasteiger partial charge in [-0.25, -0.2) is 0 Å². The van der Waals surface area contributed by atoms with E-state index in [4.69, 9.17) is 14.2 Å². The summed E-state index contributed by atoms with van der Waals surface area (Å²) in [7, 11) is 0. The third-order valence-electron chi connectivity index (χ3n) is 2.52. The molecule has 0 spiro atoms. The lowest BCUT2D eigenvalue weighted by atomic mass is 10.2. The second kappa shape index (κ2) is 14.3. The highest BCUT2D eigenvalue weighted by Crippen LogP contribution is 2.00. The highest BCUT2D eigenvalue weighted by molar-refractivity contribution is 5.69. The minimum absolute atomic E-state index is 0.0194. The number of aliphatic carboxylic acids is 1. The Morgan fingerprint density at radius 3 is 2.10 bits per heavy atom. The van der Waals surface area contributed by atoms with Crippen molar-refractivity contribution in [3.63, 3.8) is 0 Å². The Kier molecular flexibility index (Phi) is 13.5. The highest BCUT2D eigenvalue weighted by atomic mass is 16.6. The van der Waals surface area contributed by atoms with Gasteiger partial charge >= 0.3 is 5.97 Å². The number of carbonyl (C=O) groups excluding carboxylic acids is 2. The molecule has 0 unspecified atom stereocenters. The summed E-state index contributed by atoms with van der Waals surface area (Å²) in [6.45, 7) is 4.47. The van der Waals surface area contributed by atoms with Crippen molar-refractivity contribution in [3.05, 3.63) is 0 Å². The summed E-state index contributed by atoms with van der Waals surface area (Å²) in [5.74, 6) is -1.42. The number of unbranched alkanes of at least 4 members (excludes halogenated alkanes) is 2. The number of hydrogen-bond acceptors (Lipinski definition) is 6. The van der Waals surface area contributed by atoms with Crippen LogP contribution < -0.4 is 5.11 Å². The molecule has 0 atom stereocenters. The summed E-state index contributed by atoms with van der Waals surface area (Å²) in [5.41, 5.74) is 0. The summed E-state index contributed by atoms with van der Waals surface area (Å²) >= 11 is 0. The first-order valence-electron chi connectivity index (χ1n) is 7.17. The van der Waals surface area contributed by atoms with Crippen molar-refractivity contribution in [1.29, 1.82) is 0 Å². The molecule has 20 heavy (non-hydrogen) atoms. The van der Waals surface area contributed by atoms with Crippen LogP contribution in [-0.2, 0) is 23.8 Å². The van der Waals surface area contributed by atoms with Crippen LogP contribution in [0.4, 0.5) is 0 Å². The Morgan fingerprint density at radius 2 is 1.45 bits per heavy atom. The number of carboxylic acids is 1. The molecule has 0 heterocycles. The number of carboxylic acid groups (broad SMARTS) is 1. The maximum Gasteiger partial charge on any atom is 0.305 e. The van der Waals surface area contributed by atoms with Crippen molar-refractivity contribution in [2.24, 2.45) is 0 Å². The van der Waals surface area contributed by atoms with Gasteiger partial charge in [0.2, 0.25) is 0 Å². The molecule has 0 aromatic rings. The first kappa shape index (κ1) is 18.9. The quantitative estimate of drug-likeness (QED) is 0.345. The van der Waals surface area contributed by atoms with Crippen LogP contribution in [0.15, 0.2) is 0 Å². The number of ether oxygens (including phenoxy) is 3. The minimum Gasteiger partial charge on any atom is -0.550 e. The van der Waals surface area contributed by atoms with E-state index in [2.05, 4.69) is 6.92 Å². The monoisotopic (exact) mass is 289 g/mol. The van der Waals surface area contributed by atoms with Crippen molar-refractivity contribution in [2.45, 2.75) is 45.4 Å². The zero-order chi connectivity index (χ0) is 15.1. The Balaban J connectivity index is 3.17. The molecule has 0 saturated carbocycles. The number of rotatable bonds is 14. The lowest BCUT2D eigenvalue weighted by Crippen LogP contribution is -2.21. The molecule has 0 aromatic heterocycles. The van der Waals surface area contributed by atoms with E-state index < -0.39 is 5.97 Å². The molecule has 0 N–H and O–H groups in total. The van der Waals surface area contributed by atoms with Crippen molar-refractivity contribution in [3.8, 4) is 0 Å². The number of carbonyl (C=O) groups is 2. The van der Waals surface area contributed by atoms with Crippen molar-refractivity contribution >= 4 is 11.9 Å². The SMILES string of the molecule is CCCCOCCOCCOC(=O)CCCCC(=O)[O-]. The molecular weight excluding hydrogens is 264 g/mol. The van der Waals surface area contributed by atoms with E-state index in [-0.39, 0.29) is 25.4 Å². The van der Waals surface area contributed by atoms with Crippen LogP contribution in [0, 0.1) is 0 Å². The van der Waals surface area contributed by atoms with Gasteiger partial charge in [-0.3, -0.25) is 4.79 Å². The van der Waals surface area contributed by atoms with Crippen molar-refractivity contribution in [2.75, 3.05) is 33.0 Å². The van der Waals surface area contributed by atoms with Gasteiger partial charge in [-0.15, -0.1) is 0 Å². The third-order valence-corrected chi connectivity index (χ3v) is 2.52. The lowest BCUT2D eigenvalue weighted by molar-refractivity contribution is -0.305. The van der Waals surface area contributed by atoms with Gasteiger partial charge in [0.25, 0.3) is 0 Å². The summed E-state index contributed by atoms with van der Waals surface area (Å²) in [6.07, 6.45) is 3.30. The van der Waals surface area contributed by atoms with Crippen LogP contribution in [0.3, 0.4) is 0 Å². The molecule has 0 aliphatic heterocycles. The molecule has 0 aliphatic rings. The van der Waals surface area contributed by atoms with Gasteiger partial charge in [-0.2, -0.15) is 0 Å². The van der Waals surface area contributed by atoms with E-state index >= 15 is 0 Å².